The minimum absolute atomic E-state index is 0.303. The Hall–Kier alpha value is -1.52. The van der Waals surface area contributed by atoms with Crippen LogP contribution in [-0.2, 0) is 0 Å². The van der Waals surface area contributed by atoms with Crippen molar-refractivity contribution < 1.29 is 9.35 Å². The van der Waals surface area contributed by atoms with E-state index in [1.54, 1.807) is 18.5 Å². The third kappa shape index (κ3) is 0.835. The summed E-state index contributed by atoms with van der Waals surface area (Å²) >= 11 is 0. The third-order valence-electron chi connectivity index (χ3n) is 1.02. The van der Waals surface area contributed by atoms with Crippen molar-refractivity contribution in [2.75, 3.05) is 17.4 Å². The number of nitrogens with two attached hydrogens (primary N) is 3. The molecule has 9 heavy (non-hydrogen) atoms. The van der Waals surface area contributed by atoms with Gasteiger partial charge >= 0.3 is 5.95 Å². The lowest BCUT2D eigenvalue weighted by Crippen LogP contribution is -2.60. The first-order valence-electron chi connectivity index (χ1n) is 2.44. The summed E-state index contributed by atoms with van der Waals surface area (Å²) in [7, 11) is 0. The maximum absolute atomic E-state index is 5.36. The van der Waals surface area contributed by atoms with E-state index in [2.05, 4.69) is 0 Å². The monoisotopic (exact) mass is 127 g/mol. The molecule has 0 fully saturated rings. The lowest BCUT2D eigenvalue weighted by atomic mass is 10.7. The predicted molar refractivity (Wildman–Crippen MR) is 31.5 cm³/mol. The molecule has 0 atom stereocenters. The third-order valence-corrected chi connectivity index (χ3v) is 1.02. The zero-order valence-corrected chi connectivity index (χ0v) is 4.86. The minimum Gasteiger partial charge on any atom is -0.242 e. The molecule has 0 aromatic carbocycles. The highest BCUT2D eigenvalue weighted by Crippen LogP contribution is 1.72. The number of aromatic nitrogens is 2. The number of rotatable bonds is 0. The van der Waals surface area contributed by atoms with Gasteiger partial charge in [0.15, 0.2) is 12.4 Å². The standard InChI is InChI=1S/C4H8N5/c5-4-8(6)2-1-3-9(4)7/h1-3,5H,6-7H2/q+1/p+1. The van der Waals surface area contributed by atoms with E-state index in [1.807, 2.05) is 0 Å². The Morgan fingerprint density at radius 1 is 1.11 bits per heavy atom. The normalized spacial score (nSPS) is 9.33. The average Bonchev–Trinajstić information content (AvgIpc) is 1.83. The molecule has 0 aliphatic heterocycles. The van der Waals surface area contributed by atoms with E-state index in [1.165, 1.54) is 9.35 Å². The van der Waals surface area contributed by atoms with Crippen LogP contribution in [-0.4, -0.2) is 0 Å². The second-order valence-electron chi connectivity index (χ2n) is 1.66. The van der Waals surface area contributed by atoms with E-state index in [0.717, 1.165) is 0 Å². The van der Waals surface area contributed by atoms with Crippen LogP contribution in [0, 0.1) is 0 Å². The van der Waals surface area contributed by atoms with Crippen molar-refractivity contribution in [3.8, 4) is 0 Å². The molecule has 1 heterocycles. The Labute approximate surface area is 52.3 Å². The van der Waals surface area contributed by atoms with Crippen LogP contribution in [0.15, 0.2) is 18.5 Å². The van der Waals surface area contributed by atoms with E-state index in [0.29, 0.717) is 5.95 Å². The van der Waals surface area contributed by atoms with Crippen molar-refractivity contribution in [1.82, 2.24) is 0 Å². The molecular formula is C4H9N5+2. The SMILES string of the molecule is Nc1[n+](N)ccc[n+]1N. The van der Waals surface area contributed by atoms with Gasteiger partial charge in [0.25, 0.3) is 0 Å². The largest absolute Gasteiger partial charge is 0.573 e. The van der Waals surface area contributed by atoms with Gasteiger partial charge in [-0.15, -0.1) is 0 Å². The fourth-order valence-corrected chi connectivity index (χ4v) is 0.510. The van der Waals surface area contributed by atoms with Crippen LogP contribution in [0.1, 0.15) is 0 Å². The van der Waals surface area contributed by atoms with Gasteiger partial charge in [0.2, 0.25) is 0 Å². The van der Waals surface area contributed by atoms with Crippen molar-refractivity contribution >= 4 is 5.95 Å². The fourth-order valence-electron chi connectivity index (χ4n) is 0.510. The van der Waals surface area contributed by atoms with E-state index in [-0.39, 0.29) is 0 Å². The molecule has 6 N–H and O–H groups in total. The second-order valence-corrected chi connectivity index (χ2v) is 1.66. The van der Waals surface area contributed by atoms with Gasteiger partial charge in [-0.1, -0.05) is 9.35 Å². The van der Waals surface area contributed by atoms with Crippen LogP contribution >= 0.6 is 0 Å². The van der Waals surface area contributed by atoms with E-state index >= 15 is 0 Å². The summed E-state index contributed by atoms with van der Waals surface area (Å²) in [5.41, 5.74) is 5.36. The van der Waals surface area contributed by atoms with Gasteiger partial charge in [-0.25, -0.2) is 17.4 Å². The van der Waals surface area contributed by atoms with Crippen molar-refractivity contribution in [1.29, 1.82) is 0 Å². The molecule has 5 heteroatoms. The van der Waals surface area contributed by atoms with E-state index in [4.69, 9.17) is 17.4 Å². The highest BCUT2D eigenvalue weighted by Gasteiger charge is 2.11. The molecule has 0 bridgehead atoms. The van der Waals surface area contributed by atoms with E-state index in [9.17, 15) is 0 Å². The minimum atomic E-state index is 0.303. The highest BCUT2D eigenvalue weighted by atomic mass is 15.4. The molecule has 1 aromatic rings. The van der Waals surface area contributed by atoms with Crippen molar-refractivity contribution in [2.45, 2.75) is 0 Å². The smallest absolute Gasteiger partial charge is 0.242 e. The van der Waals surface area contributed by atoms with Gasteiger partial charge in [-0.2, -0.15) is 0 Å². The lowest BCUT2D eigenvalue weighted by Gasteiger charge is -1.88. The number of nitrogen functional groups attached to an aromatic ring is 3. The van der Waals surface area contributed by atoms with Gasteiger partial charge in [0, 0.05) is 6.07 Å². The molecule has 0 spiro atoms. The van der Waals surface area contributed by atoms with Crippen LogP contribution in [0.25, 0.3) is 0 Å². The Balaban J connectivity index is 3.25. The zero-order chi connectivity index (χ0) is 6.85. The Bertz CT molecular complexity index is 200. The van der Waals surface area contributed by atoms with Crippen molar-refractivity contribution in [3.05, 3.63) is 18.5 Å². The Kier molecular flexibility index (Phi) is 1.11. The first-order chi connectivity index (χ1) is 4.22. The van der Waals surface area contributed by atoms with Gasteiger partial charge in [0.1, 0.15) is 0 Å². The Morgan fingerprint density at radius 3 is 1.89 bits per heavy atom. The molecule has 5 nitrogen and oxygen atoms in total. The number of hydrogen-bond acceptors (Lipinski definition) is 3. The molecule has 1 rings (SSSR count). The van der Waals surface area contributed by atoms with Crippen molar-refractivity contribution in [2.24, 2.45) is 0 Å². The molecule has 0 unspecified atom stereocenters. The number of hydrogen-bond donors (Lipinski definition) is 3. The van der Waals surface area contributed by atoms with Crippen LogP contribution in [0.3, 0.4) is 0 Å². The van der Waals surface area contributed by atoms with Crippen molar-refractivity contribution in [3.63, 3.8) is 0 Å². The summed E-state index contributed by atoms with van der Waals surface area (Å²) in [6, 6.07) is 1.69. The van der Waals surface area contributed by atoms with E-state index < -0.39 is 0 Å². The zero-order valence-electron chi connectivity index (χ0n) is 4.86. The highest BCUT2D eigenvalue weighted by molar-refractivity contribution is 4.93. The summed E-state index contributed by atoms with van der Waals surface area (Å²) in [6.07, 6.45) is 3.22. The molecule has 0 aliphatic rings. The maximum Gasteiger partial charge on any atom is 0.573 e. The van der Waals surface area contributed by atoms with Gasteiger partial charge in [-0.05, 0) is 0 Å². The van der Waals surface area contributed by atoms with Crippen LogP contribution in [0.2, 0.25) is 0 Å². The molecule has 0 saturated carbocycles. The maximum atomic E-state index is 5.36. The summed E-state index contributed by atoms with van der Waals surface area (Å²) < 4.78 is 2.47. The topological polar surface area (TPSA) is 85.8 Å². The fraction of sp³-hybridized carbons (Fsp3) is 0. The summed E-state index contributed by atoms with van der Waals surface area (Å²) in [6.45, 7) is 0. The Morgan fingerprint density at radius 2 is 1.56 bits per heavy atom. The van der Waals surface area contributed by atoms with Gasteiger partial charge in [0.05, 0.1) is 0 Å². The van der Waals surface area contributed by atoms with Gasteiger partial charge < -0.3 is 0 Å². The predicted octanol–water partition coefficient (Wildman–Crippen LogP) is -2.73. The molecule has 0 radical (unpaired) electrons. The van der Waals surface area contributed by atoms with Crippen LogP contribution in [0.5, 0.6) is 0 Å². The average molecular weight is 127 g/mol. The molecule has 0 aliphatic carbocycles. The van der Waals surface area contributed by atoms with Crippen LogP contribution < -0.4 is 26.8 Å². The lowest BCUT2D eigenvalue weighted by molar-refractivity contribution is -0.749. The molecule has 0 saturated heterocycles. The summed E-state index contributed by atoms with van der Waals surface area (Å²) in [5, 5.41) is 0. The first-order valence-corrected chi connectivity index (χ1v) is 2.44. The molecule has 0 amide bonds. The summed E-state index contributed by atoms with van der Waals surface area (Å²) in [4.78, 5) is 0. The molecule has 1 aromatic heterocycles. The van der Waals surface area contributed by atoms with Gasteiger partial charge in [-0.3, -0.25) is 0 Å². The molecule has 48 valence electrons. The summed E-state index contributed by atoms with van der Waals surface area (Å²) in [5.74, 6) is 10.9. The number of nitrogens with zero attached hydrogens (tertiary/aromatic N) is 2. The first kappa shape index (κ1) is 5.61. The number of anilines is 1. The molecular weight excluding hydrogens is 118 g/mol. The van der Waals surface area contributed by atoms with Crippen LogP contribution in [0.4, 0.5) is 5.95 Å². The second kappa shape index (κ2) is 1.77. The quantitative estimate of drug-likeness (QED) is 0.261.